The van der Waals surface area contributed by atoms with Crippen LogP contribution in [0.1, 0.15) is 24.8 Å². The van der Waals surface area contributed by atoms with E-state index in [-0.39, 0.29) is 29.8 Å². The van der Waals surface area contributed by atoms with Gasteiger partial charge in [-0.25, -0.2) is 4.39 Å². The van der Waals surface area contributed by atoms with Gasteiger partial charge in [0.25, 0.3) is 0 Å². The van der Waals surface area contributed by atoms with Gasteiger partial charge in [0.15, 0.2) is 5.96 Å². The number of ether oxygens (including phenoxy) is 2. The second-order valence-corrected chi connectivity index (χ2v) is 5.84. The van der Waals surface area contributed by atoms with Crippen LogP contribution in [0.4, 0.5) is 4.39 Å². The first-order chi connectivity index (χ1) is 11.8. The lowest BCUT2D eigenvalue weighted by atomic mass is 10.1. The third kappa shape index (κ3) is 9.37. The maximum Gasteiger partial charge on any atom is 0.190 e. The van der Waals surface area contributed by atoms with E-state index in [1.807, 2.05) is 6.07 Å². The molecule has 0 radical (unpaired) electrons. The SMILES string of the molecule is CN=C(NCCCOC1CCOCC1)NCCc1cccc(F)c1.I. The molecule has 2 N–H and O–H groups in total. The lowest BCUT2D eigenvalue weighted by Crippen LogP contribution is -2.39. The van der Waals surface area contributed by atoms with Crippen molar-refractivity contribution in [2.75, 3.05) is 40.0 Å². The maximum absolute atomic E-state index is 13.1. The van der Waals surface area contributed by atoms with E-state index >= 15 is 0 Å². The molecule has 1 aliphatic rings. The van der Waals surface area contributed by atoms with Crippen LogP contribution in [-0.2, 0) is 15.9 Å². The molecule has 1 fully saturated rings. The third-order valence-electron chi connectivity index (χ3n) is 3.95. The van der Waals surface area contributed by atoms with Crippen LogP contribution >= 0.6 is 24.0 Å². The van der Waals surface area contributed by atoms with Crippen LogP contribution in [0.2, 0.25) is 0 Å². The van der Waals surface area contributed by atoms with E-state index in [0.29, 0.717) is 12.6 Å². The molecule has 0 aromatic heterocycles. The van der Waals surface area contributed by atoms with Crippen LogP contribution in [-0.4, -0.2) is 52.0 Å². The first-order valence-corrected chi connectivity index (χ1v) is 8.66. The second kappa shape index (κ2) is 13.3. The molecule has 0 aliphatic carbocycles. The predicted octanol–water partition coefficient (Wildman–Crippen LogP) is 2.74. The standard InChI is InChI=1S/C18H28FN3O2.HI/c1-20-18(22-10-6-15-4-2-5-16(19)14-15)21-9-3-11-24-17-7-12-23-13-8-17;/h2,4-5,14,17H,3,6-13H2,1H3,(H2,20,21,22);1H. The van der Waals surface area contributed by atoms with Gasteiger partial charge >= 0.3 is 0 Å². The number of nitrogens with one attached hydrogen (secondary N) is 2. The molecule has 0 spiro atoms. The van der Waals surface area contributed by atoms with Crippen LogP contribution in [0.25, 0.3) is 0 Å². The van der Waals surface area contributed by atoms with Gasteiger partial charge in [0.05, 0.1) is 6.10 Å². The van der Waals surface area contributed by atoms with Crippen molar-refractivity contribution in [2.45, 2.75) is 31.8 Å². The van der Waals surface area contributed by atoms with Crippen LogP contribution in [0, 0.1) is 5.82 Å². The first kappa shape index (κ1) is 22.1. The molecular formula is C18H29FIN3O2. The number of nitrogens with zero attached hydrogens (tertiary/aromatic N) is 1. The summed E-state index contributed by atoms with van der Waals surface area (Å²) in [7, 11) is 1.75. The minimum Gasteiger partial charge on any atom is -0.381 e. The van der Waals surface area contributed by atoms with Crippen LogP contribution < -0.4 is 10.6 Å². The molecule has 1 saturated heterocycles. The van der Waals surface area contributed by atoms with Gasteiger partial charge in [0, 0.05) is 40.0 Å². The highest BCUT2D eigenvalue weighted by Crippen LogP contribution is 2.10. The fourth-order valence-electron chi connectivity index (χ4n) is 2.61. The predicted molar refractivity (Wildman–Crippen MR) is 109 cm³/mol. The van der Waals surface area contributed by atoms with E-state index in [1.54, 1.807) is 19.2 Å². The summed E-state index contributed by atoms with van der Waals surface area (Å²) in [5, 5.41) is 6.50. The van der Waals surface area contributed by atoms with Crippen LogP contribution in [0.3, 0.4) is 0 Å². The maximum atomic E-state index is 13.1. The van der Waals surface area contributed by atoms with Crippen molar-refractivity contribution in [3.05, 3.63) is 35.6 Å². The molecule has 142 valence electrons. The van der Waals surface area contributed by atoms with Crippen LogP contribution in [0.15, 0.2) is 29.3 Å². The van der Waals surface area contributed by atoms with Crippen molar-refractivity contribution in [3.63, 3.8) is 0 Å². The van der Waals surface area contributed by atoms with E-state index in [0.717, 1.165) is 63.6 Å². The van der Waals surface area contributed by atoms with E-state index in [9.17, 15) is 4.39 Å². The molecule has 0 atom stereocenters. The summed E-state index contributed by atoms with van der Waals surface area (Å²) < 4.78 is 24.3. The van der Waals surface area contributed by atoms with E-state index in [4.69, 9.17) is 9.47 Å². The average molecular weight is 465 g/mol. The number of rotatable bonds is 8. The number of hydrogen-bond donors (Lipinski definition) is 2. The highest BCUT2D eigenvalue weighted by atomic mass is 127. The van der Waals surface area contributed by atoms with Crippen molar-refractivity contribution in [1.82, 2.24) is 10.6 Å². The van der Waals surface area contributed by atoms with Gasteiger partial charge in [-0.15, -0.1) is 24.0 Å². The number of hydrogen-bond acceptors (Lipinski definition) is 3. The summed E-state index contributed by atoms with van der Waals surface area (Å²) >= 11 is 0. The highest BCUT2D eigenvalue weighted by Gasteiger charge is 2.13. The van der Waals surface area contributed by atoms with Gasteiger partial charge in [-0.05, 0) is 43.4 Å². The quantitative estimate of drug-likeness (QED) is 0.269. The molecule has 0 bridgehead atoms. The van der Waals surface area contributed by atoms with Crippen LogP contribution in [0.5, 0.6) is 0 Å². The Labute approximate surface area is 166 Å². The molecule has 0 saturated carbocycles. The molecule has 1 heterocycles. The number of benzene rings is 1. The van der Waals surface area contributed by atoms with Gasteiger partial charge in [0.2, 0.25) is 0 Å². The molecule has 1 aliphatic heterocycles. The van der Waals surface area contributed by atoms with Crippen molar-refractivity contribution in [1.29, 1.82) is 0 Å². The summed E-state index contributed by atoms with van der Waals surface area (Å²) in [5.74, 6) is 0.567. The normalized spacial score (nSPS) is 15.5. The molecule has 0 unspecified atom stereocenters. The average Bonchev–Trinajstić information content (AvgIpc) is 2.61. The summed E-state index contributed by atoms with van der Waals surface area (Å²) in [5.41, 5.74) is 0.975. The zero-order valence-corrected chi connectivity index (χ0v) is 17.1. The second-order valence-electron chi connectivity index (χ2n) is 5.84. The van der Waals surface area contributed by atoms with Crippen molar-refractivity contribution in [2.24, 2.45) is 4.99 Å². The molecule has 1 aromatic rings. The Kier molecular flexibility index (Phi) is 11.8. The Balaban J connectivity index is 0.00000312. The highest BCUT2D eigenvalue weighted by molar-refractivity contribution is 14.0. The monoisotopic (exact) mass is 465 g/mol. The fraction of sp³-hybridized carbons (Fsp3) is 0.611. The Morgan fingerprint density at radius 2 is 2.04 bits per heavy atom. The van der Waals surface area contributed by atoms with Crippen molar-refractivity contribution in [3.8, 4) is 0 Å². The molecule has 0 amide bonds. The summed E-state index contributed by atoms with van der Waals surface area (Å²) in [6, 6.07) is 6.68. The molecule has 1 aromatic carbocycles. The van der Waals surface area contributed by atoms with E-state index in [2.05, 4.69) is 15.6 Å². The summed E-state index contributed by atoms with van der Waals surface area (Å²) in [4.78, 5) is 4.19. The topological polar surface area (TPSA) is 54.9 Å². The van der Waals surface area contributed by atoms with E-state index in [1.165, 1.54) is 6.07 Å². The third-order valence-corrected chi connectivity index (χ3v) is 3.95. The molecule has 7 heteroatoms. The largest absolute Gasteiger partial charge is 0.381 e. The summed E-state index contributed by atoms with van der Waals surface area (Å²) in [6.07, 6.45) is 4.03. The van der Waals surface area contributed by atoms with Gasteiger partial charge in [-0.2, -0.15) is 0 Å². The lowest BCUT2D eigenvalue weighted by molar-refractivity contribution is -0.0320. The minimum atomic E-state index is -0.195. The van der Waals surface area contributed by atoms with Crippen molar-refractivity contribution < 1.29 is 13.9 Å². The molecule has 25 heavy (non-hydrogen) atoms. The summed E-state index contributed by atoms with van der Waals surface area (Å²) in [6.45, 7) is 3.89. The molecular weight excluding hydrogens is 436 g/mol. The Bertz CT molecular complexity index is 511. The zero-order valence-electron chi connectivity index (χ0n) is 14.8. The first-order valence-electron chi connectivity index (χ1n) is 8.66. The van der Waals surface area contributed by atoms with Crippen molar-refractivity contribution >= 4 is 29.9 Å². The smallest absolute Gasteiger partial charge is 0.190 e. The van der Waals surface area contributed by atoms with Gasteiger partial charge < -0.3 is 20.1 Å². The lowest BCUT2D eigenvalue weighted by Gasteiger charge is -2.22. The molecule has 2 rings (SSSR count). The molecule has 5 nitrogen and oxygen atoms in total. The Morgan fingerprint density at radius 1 is 1.28 bits per heavy atom. The number of halogens is 2. The Hall–Kier alpha value is -0.930. The number of guanidine groups is 1. The van der Waals surface area contributed by atoms with Gasteiger partial charge in [0.1, 0.15) is 5.82 Å². The minimum absolute atomic E-state index is 0. The zero-order chi connectivity index (χ0) is 17.0. The van der Waals surface area contributed by atoms with E-state index < -0.39 is 0 Å². The van der Waals surface area contributed by atoms with Gasteiger partial charge in [-0.1, -0.05) is 12.1 Å². The Morgan fingerprint density at radius 3 is 2.76 bits per heavy atom. The van der Waals surface area contributed by atoms with Gasteiger partial charge in [-0.3, -0.25) is 4.99 Å². The fourth-order valence-corrected chi connectivity index (χ4v) is 2.61. The number of aliphatic imine (C=N–C) groups is 1.